The Balaban J connectivity index is 1.46. The number of carboxylic acids is 1. The van der Waals surface area contributed by atoms with E-state index in [4.69, 9.17) is 4.74 Å². The van der Waals surface area contributed by atoms with Crippen molar-refractivity contribution in [3.8, 4) is 11.1 Å². The molecule has 0 aliphatic heterocycles. The highest BCUT2D eigenvalue weighted by Gasteiger charge is 2.44. The van der Waals surface area contributed by atoms with Crippen molar-refractivity contribution >= 4 is 18.0 Å². The molecule has 0 bridgehead atoms. The van der Waals surface area contributed by atoms with Crippen LogP contribution in [0.15, 0.2) is 48.5 Å². The molecule has 2 atom stereocenters. The molecular formula is C28H34N2O5. The smallest absolute Gasteiger partial charge is 0.407 e. The van der Waals surface area contributed by atoms with Gasteiger partial charge in [-0.1, -0.05) is 68.3 Å². The third-order valence-electron chi connectivity index (χ3n) is 7.37. The van der Waals surface area contributed by atoms with Crippen LogP contribution in [-0.4, -0.2) is 53.2 Å². The number of hydrogen-bond acceptors (Lipinski definition) is 4. The molecular weight excluding hydrogens is 444 g/mol. The zero-order valence-corrected chi connectivity index (χ0v) is 20.5. The van der Waals surface area contributed by atoms with E-state index in [1.54, 1.807) is 0 Å². The summed E-state index contributed by atoms with van der Waals surface area (Å²) in [5.41, 5.74) is 3.82. The molecule has 0 radical (unpaired) electrons. The van der Waals surface area contributed by atoms with Crippen LogP contribution < -0.4 is 5.32 Å². The number of carbonyl (C=O) groups is 3. The minimum Gasteiger partial charge on any atom is -0.480 e. The molecule has 0 aromatic heterocycles. The monoisotopic (exact) mass is 478 g/mol. The van der Waals surface area contributed by atoms with Crippen LogP contribution in [0, 0.1) is 5.92 Å². The van der Waals surface area contributed by atoms with E-state index in [0.717, 1.165) is 35.1 Å². The Morgan fingerprint density at radius 2 is 1.69 bits per heavy atom. The van der Waals surface area contributed by atoms with Crippen molar-refractivity contribution in [1.29, 1.82) is 0 Å². The molecule has 4 rings (SSSR count). The largest absolute Gasteiger partial charge is 0.480 e. The molecule has 7 nitrogen and oxygen atoms in total. The third kappa shape index (κ3) is 5.19. The molecule has 2 aromatic rings. The van der Waals surface area contributed by atoms with E-state index in [0.29, 0.717) is 25.8 Å². The lowest BCUT2D eigenvalue weighted by molar-refractivity contribution is -0.148. The molecule has 0 heterocycles. The van der Waals surface area contributed by atoms with Crippen LogP contribution in [0.3, 0.4) is 0 Å². The lowest BCUT2D eigenvalue weighted by Crippen LogP contribution is -2.58. The van der Waals surface area contributed by atoms with E-state index in [9.17, 15) is 19.5 Å². The maximum Gasteiger partial charge on any atom is 0.407 e. The fourth-order valence-corrected chi connectivity index (χ4v) is 5.67. The Morgan fingerprint density at radius 3 is 2.29 bits per heavy atom. The first-order chi connectivity index (χ1) is 16.8. The van der Waals surface area contributed by atoms with E-state index in [-0.39, 0.29) is 25.0 Å². The number of rotatable bonds is 8. The van der Waals surface area contributed by atoms with Gasteiger partial charge in [-0.2, -0.15) is 0 Å². The fraction of sp³-hybridized carbons (Fsp3) is 0.464. The van der Waals surface area contributed by atoms with Crippen LogP contribution in [0.25, 0.3) is 11.1 Å². The molecule has 1 fully saturated rings. The number of alkyl carbamates (subject to hydrolysis) is 1. The van der Waals surface area contributed by atoms with Gasteiger partial charge in [0.2, 0.25) is 5.91 Å². The second-order valence-corrected chi connectivity index (χ2v) is 9.82. The zero-order valence-electron chi connectivity index (χ0n) is 20.5. The van der Waals surface area contributed by atoms with Gasteiger partial charge in [0.1, 0.15) is 13.2 Å². The van der Waals surface area contributed by atoms with Crippen molar-refractivity contribution in [2.75, 3.05) is 19.7 Å². The standard InChI is InChI=1S/C28H34N2O5/c1-3-16-30(17-25(31)32)26(33)24-14-8-9-15-28(24,2)29-27(34)35-18-23-21-12-6-4-10-19(21)20-11-5-7-13-22(20)23/h4-7,10-13,23-24H,3,8-9,14-18H2,1-2H3,(H,29,34)(H,31,32). The van der Waals surface area contributed by atoms with Crippen LogP contribution in [0.2, 0.25) is 0 Å². The minimum atomic E-state index is -1.03. The Bertz CT molecular complexity index is 1050. The van der Waals surface area contributed by atoms with Gasteiger partial charge in [-0.15, -0.1) is 0 Å². The second-order valence-electron chi connectivity index (χ2n) is 9.82. The summed E-state index contributed by atoms with van der Waals surface area (Å²) in [6, 6.07) is 16.3. The highest BCUT2D eigenvalue weighted by molar-refractivity contribution is 5.85. The van der Waals surface area contributed by atoms with E-state index in [1.807, 2.05) is 38.1 Å². The van der Waals surface area contributed by atoms with Crippen LogP contribution in [0.4, 0.5) is 4.79 Å². The van der Waals surface area contributed by atoms with Gasteiger partial charge >= 0.3 is 12.1 Å². The number of fused-ring (bicyclic) bond motifs is 3. The van der Waals surface area contributed by atoms with Gasteiger partial charge in [-0.05, 0) is 48.4 Å². The quantitative estimate of drug-likeness (QED) is 0.568. The number of hydrogen-bond donors (Lipinski definition) is 2. The van der Waals surface area contributed by atoms with Crippen molar-refractivity contribution in [2.24, 2.45) is 5.92 Å². The number of nitrogens with zero attached hydrogens (tertiary/aromatic N) is 1. The highest BCUT2D eigenvalue weighted by atomic mass is 16.5. The van der Waals surface area contributed by atoms with E-state index < -0.39 is 23.5 Å². The maximum atomic E-state index is 13.3. The molecule has 186 valence electrons. The van der Waals surface area contributed by atoms with Gasteiger partial charge in [0.15, 0.2) is 0 Å². The molecule has 2 N–H and O–H groups in total. The van der Waals surface area contributed by atoms with Crippen LogP contribution in [0.1, 0.15) is 63.0 Å². The van der Waals surface area contributed by atoms with Gasteiger partial charge in [0.05, 0.1) is 11.5 Å². The van der Waals surface area contributed by atoms with Gasteiger partial charge in [0, 0.05) is 12.5 Å². The summed E-state index contributed by atoms with van der Waals surface area (Å²) in [7, 11) is 0. The summed E-state index contributed by atoms with van der Waals surface area (Å²) >= 11 is 0. The van der Waals surface area contributed by atoms with Crippen LogP contribution >= 0.6 is 0 Å². The summed E-state index contributed by atoms with van der Waals surface area (Å²) in [5, 5.41) is 12.3. The molecule has 0 saturated heterocycles. The molecule has 2 aliphatic rings. The Kier molecular flexibility index (Phi) is 7.43. The zero-order chi connectivity index (χ0) is 25.0. The first-order valence-corrected chi connectivity index (χ1v) is 12.5. The van der Waals surface area contributed by atoms with Crippen molar-refractivity contribution < 1.29 is 24.2 Å². The molecule has 2 amide bonds. The second kappa shape index (κ2) is 10.5. The summed E-state index contributed by atoms with van der Waals surface area (Å²) in [5.74, 6) is -1.77. The third-order valence-corrected chi connectivity index (χ3v) is 7.37. The predicted octanol–water partition coefficient (Wildman–Crippen LogP) is 4.80. The Hall–Kier alpha value is -3.35. The molecule has 2 aromatic carbocycles. The van der Waals surface area contributed by atoms with Crippen molar-refractivity contribution in [2.45, 2.75) is 57.4 Å². The Labute approximate surface area is 206 Å². The number of benzene rings is 2. The lowest BCUT2D eigenvalue weighted by Gasteiger charge is -2.42. The first kappa shape index (κ1) is 24.8. The summed E-state index contributed by atoms with van der Waals surface area (Å²) in [6.07, 6.45) is 3.12. The average Bonchev–Trinajstić information content (AvgIpc) is 3.15. The number of aliphatic carboxylic acids is 1. The van der Waals surface area contributed by atoms with E-state index in [2.05, 4.69) is 29.6 Å². The summed E-state index contributed by atoms with van der Waals surface area (Å²) < 4.78 is 5.74. The molecule has 1 saturated carbocycles. The molecule has 35 heavy (non-hydrogen) atoms. The number of carboxylic acid groups (broad SMARTS) is 1. The lowest BCUT2D eigenvalue weighted by atomic mass is 9.73. The van der Waals surface area contributed by atoms with Gasteiger partial charge < -0.3 is 20.1 Å². The highest BCUT2D eigenvalue weighted by Crippen LogP contribution is 2.44. The fourth-order valence-electron chi connectivity index (χ4n) is 5.67. The van der Waals surface area contributed by atoms with Crippen LogP contribution in [0.5, 0.6) is 0 Å². The van der Waals surface area contributed by atoms with Crippen molar-refractivity contribution in [3.63, 3.8) is 0 Å². The summed E-state index contributed by atoms with van der Waals surface area (Å²) in [4.78, 5) is 39.0. The summed E-state index contributed by atoms with van der Waals surface area (Å²) in [6.45, 7) is 4.04. The molecule has 0 spiro atoms. The SMILES string of the molecule is CCCN(CC(=O)O)C(=O)C1CCCCC1(C)NC(=O)OCC1c2ccccc2-c2ccccc21. The van der Waals surface area contributed by atoms with E-state index >= 15 is 0 Å². The maximum absolute atomic E-state index is 13.3. The van der Waals surface area contributed by atoms with Gasteiger partial charge in [0.25, 0.3) is 0 Å². The van der Waals surface area contributed by atoms with Crippen molar-refractivity contribution in [1.82, 2.24) is 10.2 Å². The predicted molar refractivity (Wildman–Crippen MR) is 133 cm³/mol. The Morgan fingerprint density at radius 1 is 1.06 bits per heavy atom. The van der Waals surface area contributed by atoms with Gasteiger partial charge in [-0.25, -0.2) is 4.79 Å². The number of nitrogens with one attached hydrogen (secondary N) is 1. The van der Waals surface area contributed by atoms with Crippen molar-refractivity contribution in [3.05, 3.63) is 59.7 Å². The van der Waals surface area contributed by atoms with Gasteiger partial charge in [-0.3, -0.25) is 9.59 Å². The topological polar surface area (TPSA) is 95.9 Å². The number of ether oxygens (including phenoxy) is 1. The number of amides is 2. The van der Waals surface area contributed by atoms with E-state index in [1.165, 1.54) is 4.90 Å². The average molecular weight is 479 g/mol. The number of carbonyl (C=O) groups excluding carboxylic acids is 2. The molecule has 2 aliphatic carbocycles. The van der Waals surface area contributed by atoms with Crippen LogP contribution in [-0.2, 0) is 14.3 Å². The first-order valence-electron chi connectivity index (χ1n) is 12.5. The molecule has 2 unspecified atom stereocenters. The normalized spacial score (nSPS) is 21.0. The minimum absolute atomic E-state index is 0.0413. The molecule has 7 heteroatoms.